The van der Waals surface area contributed by atoms with Crippen LogP contribution < -0.4 is 5.40 Å². The van der Waals surface area contributed by atoms with Crippen LogP contribution in [0.4, 0.5) is 0 Å². The molecule has 2 N–H and O–H groups in total. The highest BCUT2D eigenvalue weighted by molar-refractivity contribution is 6.37. The first kappa shape index (κ1) is 6.66. The van der Waals surface area contributed by atoms with Gasteiger partial charge in [0.2, 0.25) is 0 Å². The van der Waals surface area contributed by atoms with E-state index in [1.165, 1.54) is 0 Å². The molecule has 0 amide bonds. The third-order valence-corrected chi connectivity index (χ3v) is 1.05. The number of hydrogen-bond acceptors (Lipinski definition) is 1. The van der Waals surface area contributed by atoms with Crippen molar-refractivity contribution in [3.05, 3.63) is 23.9 Å². The molecule has 0 fully saturated rings. The maximum Gasteiger partial charge on any atom is 0.114 e. The van der Waals surface area contributed by atoms with Gasteiger partial charge >= 0.3 is 0 Å². The predicted molar refractivity (Wildman–Crippen MR) is 36.7 cm³/mol. The molecular formula is C5H11NSi. The lowest BCUT2D eigenvalue weighted by molar-refractivity contribution is 1.57. The van der Waals surface area contributed by atoms with E-state index in [1.54, 1.807) is 0 Å². The summed E-state index contributed by atoms with van der Waals surface area (Å²) in [7, 11) is -0.370. The van der Waals surface area contributed by atoms with Gasteiger partial charge in [-0.25, -0.2) is 0 Å². The molecule has 40 valence electrons. The van der Waals surface area contributed by atoms with Gasteiger partial charge in [-0.1, -0.05) is 23.9 Å². The van der Waals surface area contributed by atoms with Gasteiger partial charge in [-0.05, 0) is 6.92 Å². The Morgan fingerprint density at radius 2 is 2.43 bits per heavy atom. The van der Waals surface area contributed by atoms with E-state index in [1.807, 2.05) is 18.7 Å². The monoisotopic (exact) mass is 113 g/mol. The molecule has 0 heterocycles. The molecule has 0 aliphatic heterocycles. The summed E-state index contributed by atoms with van der Waals surface area (Å²) in [4.78, 5) is 0. The highest BCUT2D eigenvalue weighted by Gasteiger charge is 1.68. The van der Waals surface area contributed by atoms with Crippen LogP contribution in [0.3, 0.4) is 0 Å². The normalized spacial score (nSPS) is 11.7. The van der Waals surface area contributed by atoms with Crippen molar-refractivity contribution in [3.63, 3.8) is 0 Å². The first-order valence-electron chi connectivity index (χ1n) is 2.29. The minimum absolute atomic E-state index is 0.370. The largest absolute Gasteiger partial charge is 0.353 e. The maximum atomic E-state index is 5.29. The van der Waals surface area contributed by atoms with Crippen LogP contribution in [0.1, 0.15) is 6.92 Å². The smallest absolute Gasteiger partial charge is 0.114 e. The second-order valence-electron chi connectivity index (χ2n) is 1.48. The van der Waals surface area contributed by atoms with Crippen LogP contribution in [0.15, 0.2) is 23.9 Å². The van der Waals surface area contributed by atoms with Crippen LogP contribution in [-0.2, 0) is 0 Å². The Kier molecular flexibility index (Phi) is 3.65. The SMILES string of the molecule is C=C(C)C=C[SiH2]N. The average molecular weight is 113 g/mol. The highest BCUT2D eigenvalue weighted by atomic mass is 28.2. The fourth-order valence-corrected chi connectivity index (χ4v) is 0.808. The molecule has 0 aliphatic carbocycles. The summed E-state index contributed by atoms with van der Waals surface area (Å²) < 4.78 is 0. The Balaban J connectivity index is 3.26. The zero-order valence-corrected chi connectivity index (χ0v) is 6.06. The van der Waals surface area contributed by atoms with Crippen molar-refractivity contribution in [2.45, 2.75) is 6.92 Å². The van der Waals surface area contributed by atoms with Crippen molar-refractivity contribution in [1.29, 1.82) is 0 Å². The minimum atomic E-state index is -0.370. The third kappa shape index (κ3) is 5.66. The Labute approximate surface area is 46.8 Å². The van der Waals surface area contributed by atoms with Crippen molar-refractivity contribution in [2.24, 2.45) is 5.40 Å². The minimum Gasteiger partial charge on any atom is -0.353 e. The fraction of sp³-hybridized carbons (Fsp3) is 0.200. The van der Waals surface area contributed by atoms with E-state index in [-0.39, 0.29) is 9.68 Å². The first-order valence-corrected chi connectivity index (χ1v) is 3.93. The van der Waals surface area contributed by atoms with Crippen LogP contribution in [0.5, 0.6) is 0 Å². The molecule has 1 nitrogen and oxygen atoms in total. The molecule has 0 rings (SSSR count). The lowest BCUT2D eigenvalue weighted by Gasteiger charge is -1.79. The molecule has 0 bridgehead atoms. The Hall–Kier alpha value is -0.343. The standard InChI is InChI=1S/C5H11NSi/c1-5(2)3-4-7-6/h3-4H,1,6-7H2,2H3. The summed E-state index contributed by atoms with van der Waals surface area (Å²) in [5.41, 5.74) is 3.10. The van der Waals surface area contributed by atoms with E-state index in [4.69, 9.17) is 5.40 Å². The van der Waals surface area contributed by atoms with Crippen molar-refractivity contribution >= 4 is 9.68 Å². The van der Waals surface area contributed by atoms with E-state index in [0.717, 1.165) is 5.57 Å². The molecule has 0 spiro atoms. The van der Waals surface area contributed by atoms with Crippen molar-refractivity contribution < 1.29 is 0 Å². The molecule has 0 unspecified atom stereocenters. The molecule has 0 aromatic rings. The first-order chi connectivity index (χ1) is 3.27. The number of rotatable bonds is 2. The summed E-state index contributed by atoms with van der Waals surface area (Å²) in [5.74, 6) is 0. The molecule has 7 heavy (non-hydrogen) atoms. The topological polar surface area (TPSA) is 26.0 Å². The van der Waals surface area contributed by atoms with E-state index < -0.39 is 0 Å². The lowest BCUT2D eigenvalue weighted by atomic mass is 10.4. The van der Waals surface area contributed by atoms with E-state index in [2.05, 4.69) is 6.58 Å². The van der Waals surface area contributed by atoms with E-state index in [0.29, 0.717) is 0 Å². The predicted octanol–water partition coefficient (Wildman–Crippen LogP) is 0.119. The van der Waals surface area contributed by atoms with Gasteiger partial charge in [0.05, 0.1) is 0 Å². The summed E-state index contributed by atoms with van der Waals surface area (Å²) in [6.45, 7) is 5.63. The molecule has 0 saturated heterocycles. The van der Waals surface area contributed by atoms with Gasteiger partial charge < -0.3 is 5.40 Å². The van der Waals surface area contributed by atoms with Gasteiger partial charge in [0.1, 0.15) is 9.68 Å². The van der Waals surface area contributed by atoms with Crippen LogP contribution in [0.2, 0.25) is 0 Å². The third-order valence-electron chi connectivity index (χ3n) is 0.538. The molecule has 0 saturated carbocycles. The molecule has 0 radical (unpaired) electrons. The molecule has 0 aromatic heterocycles. The van der Waals surface area contributed by atoms with Crippen LogP contribution in [0, 0.1) is 0 Å². The summed E-state index contributed by atoms with van der Waals surface area (Å²) in [5, 5.41) is 5.29. The Morgan fingerprint density at radius 1 is 1.86 bits per heavy atom. The quantitative estimate of drug-likeness (QED) is 0.399. The highest BCUT2D eigenvalue weighted by Crippen LogP contribution is 1.84. The summed E-state index contributed by atoms with van der Waals surface area (Å²) in [6, 6.07) is 0. The molecule has 0 atom stereocenters. The second-order valence-corrected chi connectivity index (χ2v) is 2.43. The van der Waals surface area contributed by atoms with Crippen molar-refractivity contribution in [1.82, 2.24) is 0 Å². The van der Waals surface area contributed by atoms with Crippen molar-refractivity contribution in [3.8, 4) is 0 Å². The second kappa shape index (κ2) is 3.83. The van der Waals surface area contributed by atoms with Gasteiger partial charge in [0, 0.05) is 0 Å². The van der Waals surface area contributed by atoms with Crippen molar-refractivity contribution in [2.75, 3.05) is 0 Å². The number of allylic oxidation sites excluding steroid dienone is 2. The lowest BCUT2D eigenvalue weighted by Crippen LogP contribution is -1.98. The average Bonchev–Trinajstić information content (AvgIpc) is 1.61. The van der Waals surface area contributed by atoms with Gasteiger partial charge in [0.25, 0.3) is 0 Å². The van der Waals surface area contributed by atoms with Gasteiger partial charge in [-0.2, -0.15) is 0 Å². The summed E-state index contributed by atoms with van der Waals surface area (Å²) in [6.07, 6.45) is 1.96. The maximum absolute atomic E-state index is 5.29. The van der Waals surface area contributed by atoms with E-state index >= 15 is 0 Å². The molecular weight excluding hydrogens is 102 g/mol. The summed E-state index contributed by atoms with van der Waals surface area (Å²) >= 11 is 0. The van der Waals surface area contributed by atoms with Crippen LogP contribution in [0.25, 0.3) is 0 Å². The molecule has 2 heteroatoms. The molecule has 0 aromatic carbocycles. The van der Waals surface area contributed by atoms with Crippen LogP contribution >= 0.6 is 0 Å². The van der Waals surface area contributed by atoms with Gasteiger partial charge in [-0.15, -0.1) is 0 Å². The fourth-order valence-electron chi connectivity index (χ4n) is 0.269. The molecule has 0 aliphatic rings. The zero-order chi connectivity index (χ0) is 5.70. The Morgan fingerprint density at radius 3 is 2.57 bits per heavy atom. The van der Waals surface area contributed by atoms with E-state index in [9.17, 15) is 0 Å². The number of hydrogen-bond donors (Lipinski definition) is 1. The zero-order valence-electron chi connectivity index (χ0n) is 4.65. The van der Waals surface area contributed by atoms with Crippen LogP contribution in [-0.4, -0.2) is 9.68 Å². The van der Waals surface area contributed by atoms with Gasteiger partial charge in [0.15, 0.2) is 0 Å². The Bertz CT molecular complexity index is 86.1. The number of nitrogens with two attached hydrogens (primary N) is 1. The van der Waals surface area contributed by atoms with Gasteiger partial charge in [-0.3, -0.25) is 0 Å².